The molecule has 7 nitrogen and oxygen atoms in total. The number of hydrogen-bond acceptors (Lipinski definition) is 5. The van der Waals surface area contributed by atoms with Gasteiger partial charge in [-0.3, -0.25) is 9.78 Å². The standard InChI is InChI=1S/C18H21N3O4S/c1-20(2)26(23,24)17-5-3-14(4-6-17)18(22)21-12-9-16(13-21)25-15-7-10-19-11-8-15/h3-8,10-11,16H,9,12-13H2,1-2H3. The fourth-order valence-corrected chi connectivity index (χ4v) is 3.68. The normalized spacial score (nSPS) is 17.5. The van der Waals surface area contributed by atoms with Crippen molar-refractivity contribution < 1.29 is 17.9 Å². The molecule has 0 N–H and O–H groups in total. The second kappa shape index (κ2) is 7.43. The van der Waals surface area contributed by atoms with Crippen molar-refractivity contribution in [2.24, 2.45) is 0 Å². The van der Waals surface area contributed by atoms with E-state index in [-0.39, 0.29) is 16.9 Å². The average molecular weight is 375 g/mol. The molecular formula is C18H21N3O4S. The zero-order valence-corrected chi connectivity index (χ0v) is 15.5. The van der Waals surface area contributed by atoms with Crippen LogP contribution in [-0.2, 0) is 10.0 Å². The van der Waals surface area contributed by atoms with Gasteiger partial charge in [0.2, 0.25) is 10.0 Å². The largest absolute Gasteiger partial charge is 0.488 e. The van der Waals surface area contributed by atoms with Crippen molar-refractivity contribution in [1.82, 2.24) is 14.2 Å². The third-order valence-electron chi connectivity index (χ3n) is 4.26. The van der Waals surface area contributed by atoms with Crippen LogP contribution in [0.25, 0.3) is 0 Å². The molecule has 3 rings (SSSR count). The first kappa shape index (κ1) is 18.3. The molecule has 0 radical (unpaired) electrons. The van der Waals surface area contributed by atoms with E-state index >= 15 is 0 Å². The minimum Gasteiger partial charge on any atom is -0.488 e. The SMILES string of the molecule is CN(C)S(=O)(=O)c1ccc(C(=O)N2CCC(Oc3ccncc3)C2)cc1. The second-order valence-corrected chi connectivity index (χ2v) is 8.43. The number of nitrogens with zero attached hydrogens (tertiary/aromatic N) is 3. The lowest BCUT2D eigenvalue weighted by molar-refractivity contribution is 0.0772. The molecule has 138 valence electrons. The van der Waals surface area contributed by atoms with Crippen molar-refractivity contribution in [3.8, 4) is 5.75 Å². The smallest absolute Gasteiger partial charge is 0.253 e. The Labute approximate surface area is 153 Å². The lowest BCUT2D eigenvalue weighted by Crippen LogP contribution is -2.31. The molecule has 0 aliphatic carbocycles. The molecule has 1 saturated heterocycles. The van der Waals surface area contributed by atoms with Crippen molar-refractivity contribution in [3.63, 3.8) is 0 Å². The van der Waals surface area contributed by atoms with E-state index in [1.54, 1.807) is 41.6 Å². The fraction of sp³-hybridized carbons (Fsp3) is 0.333. The summed E-state index contributed by atoms with van der Waals surface area (Å²) in [5, 5.41) is 0. The van der Waals surface area contributed by atoms with Crippen LogP contribution < -0.4 is 4.74 Å². The lowest BCUT2D eigenvalue weighted by Gasteiger charge is -2.18. The Bertz CT molecular complexity index is 867. The van der Waals surface area contributed by atoms with Gasteiger partial charge in [0.15, 0.2) is 0 Å². The van der Waals surface area contributed by atoms with Crippen LogP contribution in [0, 0.1) is 0 Å². The third kappa shape index (κ3) is 3.86. The molecule has 0 spiro atoms. The fourth-order valence-electron chi connectivity index (χ4n) is 2.78. The maximum absolute atomic E-state index is 12.6. The Kier molecular flexibility index (Phi) is 5.24. The summed E-state index contributed by atoms with van der Waals surface area (Å²) in [5.74, 6) is 0.608. The number of carbonyl (C=O) groups is 1. The highest BCUT2D eigenvalue weighted by atomic mass is 32.2. The van der Waals surface area contributed by atoms with Gasteiger partial charge >= 0.3 is 0 Å². The minimum absolute atomic E-state index is 0.0604. The number of carbonyl (C=O) groups excluding carboxylic acids is 1. The summed E-state index contributed by atoms with van der Waals surface area (Å²) in [6, 6.07) is 9.60. The van der Waals surface area contributed by atoms with E-state index in [2.05, 4.69) is 4.98 Å². The highest BCUT2D eigenvalue weighted by molar-refractivity contribution is 7.89. The highest BCUT2D eigenvalue weighted by Gasteiger charge is 2.28. The molecule has 0 bridgehead atoms. The van der Waals surface area contributed by atoms with Gasteiger partial charge in [-0.15, -0.1) is 0 Å². The van der Waals surface area contributed by atoms with Crippen molar-refractivity contribution >= 4 is 15.9 Å². The Morgan fingerprint density at radius 1 is 1.15 bits per heavy atom. The number of pyridine rings is 1. The van der Waals surface area contributed by atoms with Crippen LogP contribution in [0.2, 0.25) is 0 Å². The van der Waals surface area contributed by atoms with Gasteiger partial charge in [0.25, 0.3) is 5.91 Å². The number of likely N-dealkylation sites (tertiary alicyclic amines) is 1. The molecule has 1 atom stereocenters. The summed E-state index contributed by atoms with van der Waals surface area (Å²) >= 11 is 0. The first-order chi connectivity index (χ1) is 12.4. The Balaban J connectivity index is 1.65. The van der Waals surface area contributed by atoms with Crippen LogP contribution >= 0.6 is 0 Å². The van der Waals surface area contributed by atoms with Crippen molar-refractivity contribution in [2.45, 2.75) is 17.4 Å². The van der Waals surface area contributed by atoms with Gasteiger partial charge in [-0.1, -0.05) is 0 Å². The van der Waals surface area contributed by atoms with Gasteiger partial charge < -0.3 is 9.64 Å². The summed E-state index contributed by atoms with van der Waals surface area (Å²) in [4.78, 5) is 18.5. The van der Waals surface area contributed by atoms with E-state index in [4.69, 9.17) is 4.74 Å². The summed E-state index contributed by atoms with van der Waals surface area (Å²) in [6.07, 6.45) is 4.02. The molecule has 2 aromatic rings. The maximum atomic E-state index is 12.6. The summed E-state index contributed by atoms with van der Waals surface area (Å²) in [7, 11) is -0.551. The van der Waals surface area contributed by atoms with Crippen LogP contribution in [0.1, 0.15) is 16.8 Å². The molecule has 1 aromatic carbocycles. The van der Waals surface area contributed by atoms with Crippen molar-refractivity contribution in [3.05, 3.63) is 54.4 Å². The number of aromatic nitrogens is 1. The van der Waals surface area contributed by atoms with Crippen LogP contribution in [0.5, 0.6) is 5.75 Å². The first-order valence-corrected chi connectivity index (χ1v) is 9.70. The molecule has 1 aromatic heterocycles. The summed E-state index contributed by atoms with van der Waals surface area (Å²) < 4.78 is 31.2. The highest BCUT2D eigenvalue weighted by Crippen LogP contribution is 2.20. The predicted octanol–water partition coefficient (Wildman–Crippen LogP) is 1.63. The van der Waals surface area contributed by atoms with E-state index in [1.165, 1.54) is 26.2 Å². The zero-order chi connectivity index (χ0) is 18.7. The van der Waals surface area contributed by atoms with Gasteiger partial charge in [-0.05, 0) is 36.4 Å². The number of ether oxygens (including phenoxy) is 1. The van der Waals surface area contributed by atoms with E-state index in [0.29, 0.717) is 18.7 Å². The van der Waals surface area contributed by atoms with Gasteiger partial charge in [-0.25, -0.2) is 12.7 Å². The number of rotatable bonds is 5. The van der Waals surface area contributed by atoms with Crippen molar-refractivity contribution in [2.75, 3.05) is 27.2 Å². The number of hydrogen-bond donors (Lipinski definition) is 0. The molecule has 26 heavy (non-hydrogen) atoms. The second-order valence-electron chi connectivity index (χ2n) is 6.27. The molecule has 0 saturated carbocycles. The molecule has 2 heterocycles. The molecule has 1 amide bonds. The van der Waals surface area contributed by atoms with E-state index < -0.39 is 10.0 Å². The Hall–Kier alpha value is -2.45. The average Bonchev–Trinajstić information content (AvgIpc) is 3.10. The molecule has 1 aliphatic rings. The first-order valence-electron chi connectivity index (χ1n) is 8.26. The van der Waals surface area contributed by atoms with Crippen LogP contribution in [0.4, 0.5) is 0 Å². The van der Waals surface area contributed by atoms with E-state index in [1.807, 2.05) is 0 Å². The third-order valence-corrected chi connectivity index (χ3v) is 6.09. The van der Waals surface area contributed by atoms with Gasteiger partial charge in [0.05, 0.1) is 11.4 Å². The van der Waals surface area contributed by atoms with Crippen LogP contribution in [0.15, 0.2) is 53.7 Å². The van der Waals surface area contributed by atoms with Gasteiger partial charge in [0.1, 0.15) is 11.9 Å². The molecule has 1 unspecified atom stereocenters. The Morgan fingerprint density at radius 3 is 2.42 bits per heavy atom. The van der Waals surface area contributed by atoms with E-state index in [9.17, 15) is 13.2 Å². The number of sulfonamides is 1. The molecule has 1 aliphatic heterocycles. The predicted molar refractivity (Wildman–Crippen MR) is 96.5 cm³/mol. The van der Waals surface area contributed by atoms with Gasteiger partial charge in [-0.2, -0.15) is 0 Å². The summed E-state index contributed by atoms with van der Waals surface area (Å²) in [6.45, 7) is 1.10. The molecule has 8 heteroatoms. The lowest BCUT2D eigenvalue weighted by atomic mass is 10.2. The monoisotopic (exact) mass is 375 g/mol. The zero-order valence-electron chi connectivity index (χ0n) is 14.7. The van der Waals surface area contributed by atoms with Crippen molar-refractivity contribution in [1.29, 1.82) is 0 Å². The number of amides is 1. The topological polar surface area (TPSA) is 79.8 Å². The van der Waals surface area contributed by atoms with E-state index in [0.717, 1.165) is 16.5 Å². The summed E-state index contributed by atoms with van der Waals surface area (Å²) in [5.41, 5.74) is 0.465. The number of benzene rings is 1. The molecule has 1 fully saturated rings. The quantitative estimate of drug-likeness (QED) is 0.793. The minimum atomic E-state index is -3.50. The maximum Gasteiger partial charge on any atom is 0.253 e. The Morgan fingerprint density at radius 2 is 1.81 bits per heavy atom. The van der Waals surface area contributed by atoms with Gasteiger partial charge in [0, 0.05) is 45.0 Å². The molecular weight excluding hydrogens is 354 g/mol. The van der Waals surface area contributed by atoms with Crippen LogP contribution in [0.3, 0.4) is 0 Å². The van der Waals surface area contributed by atoms with Crippen LogP contribution in [-0.4, -0.2) is 61.8 Å².